The van der Waals surface area contributed by atoms with Gasteiger partial charge in [-0.25, -0.2) is 19.9 Å². The van der Waals surface area contributed by atoms with Crippen molar-refractivity contribution >= 4 is 129 Å². The fraction of sp³-hybridized carbons (Fsp3) is 0.0337. The van der Waals surface area contributed by atoms with Gasteiger partial charge in [0.2, 0.25) is 0 Å². The molecule has 13 aromatic carbocycles. The highest BCUT2D eigenvalue weighted by atomic mass is 32.1. The van der Waals surface area contributed by atoms with Crippen molar-refractivity contribution in [1.29, 1.82) is 0 Å². The van der Waals surface area contributed by atoms with Gasteiger partial charge in [0.25, 0.3) is 0 Å². The van der Waals surface area contributed by atoms with Gasteiger partial charge in [0.05, 0.1) is 55.9 Å². The molecule has 0 aliphatic heterocycles. The van der Waals surface area contributed by atoms with Crippen molar-refractivity contribution in [3.05, 3.63) is 321 Å². The molecule has 460 valence electrons. The Bertz CT molecular complexity index is 6650. The lowest BCUT2D eigenvalue weighted by Crippen LogP contribution is -2.14. The zero-order chi connectivity index (χ0) is 64.7. The second-order valence-electron chi connectivity index (χ2n) is 25.9. The van der Waals surface area contributed by atoms with E-state index in [1.807, 2.05) is 12.1 Å². The fourth-order valence-corrected chi connectivity index (χ4v) is 18.1. The van der Waals surface area contributed by atoms with Crippen molar-refractivity contribution < 1.29 is 0 Å². The quantitative estimate of drug-likeness (QED) is 0.159. The van der Waals surface area contributed by atoms with Crippen LogP contribution in [0, 0.1) is 0 Å². The second kappa shape index (κ2) is 22.0. The van der Waals surface area contributed by atoms with Gasteiger partial charge in [-0.3, -0.25) is 0 Å². The Hall–Kier alpha value is -12.1. The number of fused-ring (bicyclic) bond motifs is 20. The van der Waals surface area contributed by atoms with Gasteiger partial charge in [-0.05, 0) is 77.4 Å². The van der Waals surface area contributed by atoms with E-state index in [9.17, 15) is 0 Å². The minimum atomic E-state index is -0.0973. The molecule has 7 nitrogen and oxygen atoms in total. The van der Waals surface area contributed by atoms with Crippen molar-refractivity contribution in [2.45, 2.75) is 19.3 Å². The molecule has 7 aromatic heterocycles. The van der Waals surface area contributed by atoms with E-state index in [4.69, 9.17) is 19.9 Å². The van der Waals surface area contributed by atoms with Gasteiger partial charge in [-0.15, -0.1) is 22.7 Å². The summed E-state index contributed by atoms with van der Waals surface area (Å²) in [5.74, 6) is 1.48. The predicted molar refractivity (Wildman–Crippen MR) is 412 cm³/mol. The normalized spacial score (nSPS) is 12.7. The zero-order valence-electron chi connectivity index (χ0n) is 53.4. The van der Waals surface area contributed by atoms with Crippen LogP contribution in [-0.4, -0.2) is 33.6 Å². The van der Waals surface area contributed by atoms with E-state index in [1.165, 1.54) is 102 Å². The van der Waals surface area contributed by atoms with Crippen LogP contribution in [0.3, 0.4) is 0 Å². The Kier molecular flexibility index (Phi) is 12.6. The number of benzene rings is 13. The number of hydrogen-bond acceptors (Lipinski definition) is 6. The first-order chi connectivity index (χ1) is 48.4. The average molecular weight is 1290 g/mol. The molecule has 0 radical (unpaired) electrons. The Morgan fingerprint density at radius 2 is 0.704 bits per heavy atom. The third-order valence-corrected chi connectivity index (χ3v) is 22.3. The van der Waals surface area contributed by atoms with Gasteiger partial charge in [0, 0.05) is 102 Å². The van der Waals surface area contributed by atoms with Gasteiger partial charge >= 0.3 is 0 Å². The minimum Gasteiger partial charge on any atom is -0.309 e. The van der Waals surface area contributed by atoms with Crippen LogP contribution in [0.2, 0.25) is 0 Å². The highest BCUT2D eigenvalue weighted by molar-refractivity contribution is 7.26. The highest BCUT2D eigenvalue weighted by Crippen LogP contribution is 2.54. The second-order valence-corrected chi connectivity index (χ2v) is 28.0. The summed E-state index contributed by atoms with van der Waals surface area (Å²) in [6, 6.07) is 111. The fourth-order valence-electron chi connectivity index (χ4n) is 15.9. The molecule has 0 saturated carbocycles. The van der Waals surface area contributed by atoms with Crippen molar-refractivity contribution in [3.8, 4) is 73.5 Å². The lowest BCUT2D eigenvalue weighted by molar-refractivity contribution is 0.661. The van der Waals surface area contributed by atoms with Crippen LogP contribution in [0.1, 0.15) is 25.0 Å². The Morgan fingerprint density at radius 1 is 0.286 bits per heavy atom. The molecule has 0 fully saturated rings. The molecular weight excluding hydrogens is 1230 g/mol. The van der Waals surface area contributed by atoms with Crippen molar-refractivity contribution in [2.75, 3.05) is 0 Å². The molecule has 0 N–H and O–H groups in total. The molecular formula is C89H57N7S2. The van der Waals surface area contributed by atoms with Gasteiger partial charge in [0.1, 0.15) is 9.66 Å². The van der Waals surface area contributed by atoms with Crippen molar-refractivity contribution in [2.24, 2.45) is 0 Å². The largest absolute Gasteiger partial charge is 0.309 e. The monoisotopic (exact) mass is 1290 g/mol. The Labute approximate surface area is 571 Å². The van der Waals surface area contributed by atoms with E-state index in [0.717, 1.165) is 88.3 Å². The van der Waals surface area contributed by atoms with Crippen LogP contribution in [0.25, 0.3) is 180 Å². The molecule has 20 aromatic rings. The lowest BCUT2D eigenvalue weighted by atomic mass is 9.82. The summed E-state index contributed by atoms with van der Waals surface area (Å²) in [6.45, 7) is 4.71. The Morgan fingerprint density at radius 3 is 1.27 bits per heavy atom. The molecule has 0 bridgehead atoms. The molecule has 1 aliphatic rings. The van der Waals surface area contributed by atoms with Gasteiger partial charge in [-0.2, -0.15) is 0 Å². The summed E-state index contributed by atoms with van der Waals surface area (Å²) in [4.78, 5) is 23.1. The first kappa shape index (κ1) is 56.2. The summed E-state index contributed by atoms with van der Waals surface area (Å²) < 4.78 is 9.80. The maximum atomic E-state index is 5.43. The number of thiophene rings is 2. The van der Waals surface area contributed by atoms with Crippen molar-refractivity contribution in [1.82, 2.24) is 33.6 Å². The summed E-state index contributed by atoms with van der Waals surface area (Å²) in [5.41, 5.74) is 21.9. The molecule has 0 amide bonds. The van der Waals surface area contributed by atoms with Gasteiger partial charge in [-0.1, -0.05) is 263 Å². The topological polar surface area (TPSA) is 66.3 Å². The number of nitrogens with zero attached hydrogens (tertiary/aromatic N) is 7. The van der Waals surface area contributed by atoms with Gasteiger partial charge < -0.3 is 13.7 Å². The SMILES string of the molecule is CC1(C)c2ccccc2-c2c1ccc1c3ccccc3n(-c3ccccc3-c3nc(-c4ccccc4)nc4sc5ccccc5c34)c21.c1ccc(-c2nc(-c3ccccc3-n3c4ccccc4c4ccc5c(c6ccccc6n5-c5ccccc5)c43)c3c(n2)sc2ccccc23)cc1. The molecule has 0 saturated heterocycles. The van der Waals surface area contributed by atoms with Crippen molar-refractivity contribution in [3.63, 3.8) is 0 Å². The van der Waals surface area contributed by atoms with E-state index in [1.54, 1.807) is 22.7 Å². The first-order valence-electron chi connectivity index (χ1n) is 33.3. The van der Waals surface area contributed by atoms with E-state index in [0.29, 0.717) is 0 Å². The summed E-state index contributed by atoms with van der Waals surface area (Å²) in [6.07, 6.45) is 0. The van der Waals surface area contributed by atoms with E-state index in [2.05, 4.69) is 325 Å². The van der Waals surface area contributed by atoms with Crippen LogP contribution >= 0.6 is 22.7 Å². The van der Waals surface area contributed by atoms with Crippen LogP contribution in [0.4, 0.5) is 0 Å². The summed E-state index contributed by atoms with van der Waals surface area (Å²) in [7, 11) is 0. The molecule has 0 atom stereocenters. The number of rotatable bonds is 7. The van der Waals surface area contributed by atoms with Crippen LogP contribution < -0.4 is 0 Å². The number of para-hydroxylation sites is 6. The number of aromatic nitrogens is 7. The third-order valence-electron chi connectivity index (χ3n) is 20.2. The maximum absolute atomic E-state index is 5.43. The molecule has 1 aliphatic carbocycles. The zero-order valence-corrected chi connectivity index (χ0v) is 55.0. The van der Waals surface area contributed by atoms with Gasteiger partial charge in [0.15, 0.2) is 11.6 Å². The first-order valence-corrected chi connectivity index (χ1v) is 34.9. The molecule has 98 heavy (non-hydrogen) atoms. The predicted octanol–water partition coefficient (Wildman–Crippen LogP) is 24.0. The average Bonchev–Trinajstić information content (AvgIpc) is 1.54. The molecule has 21 rings (SSSR count). The van der Waals surface area contributed by atoms with Crippen LogP contribution in [0.15, 0.2) is 309 Å². The van der Waals surface area contributed by atoms with E-state index < -0.39 is 0 Å². The van der Waals surface area contributed by atoms with E-state index >= 15 is 0 Å². The molecule has 7 heterocycles. The minimum absolute atomic E-state index is 0.0973. The van der Waals surface area contributed by atoms with E-state index in [-0.39, 0.29) is 5.41 Å². The third kappa shape index (κ3) is 8.40. The molecule has 9 heteroatoms. The smallest absolute Gasteiger partial charge is 0.161 e. The molecule has 0 spiro atoms. The van der Waals surface area contributed by atoms with Crippen LogP contribution in [-0.2, 0) is 5.41 Å². The Balaban J connectivity index is 0.000000133. The molecule has 0 unspecified atom stereocenters. The highest BCUT2D eigenvalue weighted by Gasteiger charge is 2.38. The van der Waals surface area contributed by atoms with Crippen LogP contribution in [0.5, 0.6) is 0 Å². The standard InChI is InChI=1S/C46H28N4S.C43H29N3S/c1-3-15-29(16-4-1)45-47-43(42-35-22-10-14-26-40(35)51-46(42)48-45)34-21-9-13-25-38(34)50-36-23-11-7-19-31(36)32-27-28-39-41(44(32)50)33-20-8-12-24-37(33)49(39)30-17-5-2-6-18-30;1-43(2)32-20-10-6-17-29(32)37-33(43)25-24-28-27-16-7-11-21-34(27)46(40(28)37)35-22-12-8-18-30(35)39-38-31-19-9-13-23-36(31)47-42(38)45-41(44-39)26-14-4-3-5-15-26/h1-28H;3-25H,1-2H3. The number of hydrogen-bond donors (Lipinski definition) is 0. The lowest BCUT2D eigenvalue weighted by Gasteiger charge is -2.21. The maximum Gasteiger partial charge on any atom is 0.161 e. The summed E-state index contributed by atoms with van der Waals surface area (Å²) in [5, 5.41) is 12.0. The summed E-state index contributed by atoms with van der Waals surface area (Å²) >= 11 is 3.47.